The van der Waals surface area contributed by atoms with Crippen molar-refractivity contribution in [3.8, 4) is 17.0 Å². The number of phenolic OH excluding ortho intramolecular Hbond substituents is 1. The topological polar surface area (TPSA) is 77.1 Å². The number of hydrogen-bond donors (Lipinski definition) is 3. The number of aromatic hydroxyl groups is 1. The molecule has 1 aromatic carbocycles. The van der Waals surface area contributed by atoms with E-state index in [4.69, 9.17) is 0 Å². The number of nitrogens with zero attached hydrogens (tertiary/aromatic N) is 3. The summed E-state index contributed by atoms with van der Waals surface area (Å²) in [5, 5.41) is 21.6. The first-order valence-electron chi connectivity index (χ1n) is 10.5. The number of H-pyrrole nitrogens is 1. The van der Waals surface area contributed by atoms with Crippen LogP contribution in [0.15, 0.2) is 24.3 Å². The van der Waals surface area contributed by atoms with Gasteiger partial charge in [-0.2, -0.15) is 5.10 Å². The summed E-state index contributed by atoms with van der Waals surface area (Å²) in [5.74, 6) is -0.601. The van der Waals surface area contributed by atoms with Gasteiger partial charge in [0.1, 0.15) is 11.6 Å². The van der Waals surface area contributed by atoms with Gasteiger partial charge in [0.05, 0.1) is 5.69 Å². The number of pyridine rings is 1. The minimum Gasteiger partial charge on any atom is -0.508 e. The van der Waals surface area contributed by atoms with Crippen LogP contribution in [-0.4, -0.2) is 49.4 Å². The second-order valence-corrected chi connectivity index (χ2v) is 9.31. The van der Waals surface area contributed by atoms with Gasteiger partial charge < -0.3 is 10.4 Å². The SMILES string of the molecule is CC[C@@]1(C)CN(Cc2cc(-c3ccc(O)cc3F)nc3n[nH]c(C)c23)C(C)(C)CN1. The zero-order valence-electron chi connectivity index (χ0n) is 18.3. The number of piperazine rings is 1. The molecule has 0 unspecified atom stereocenters. The van der Waals surface area contributed by atoms with E-state index in [1.807, 2.05) is 13.0 Å². The molecule has 1 aliphatic heterocycles. The van der Waals surface area contributed by atoms with Crippen molar-refractivity contribution in [3.63, 3.8) is 0 Å². The number of halogens is 1. The molecule has 0 amide bonds. The predicted molar refractivity (Wildman–Crippen MR) is 117 cm³/mol. The van der Waals surface area contributed by atoms with E-state index >= 15 is 0 Å². The smallest absolute Gasteiger partial charge is 0.182 e. The van der Waals surface area contributed by atoms with Gasteiger partial charge in [0.15, 0.2) is 5.65 Å². The number of aryl methyl sites for hydroxylation is 1. The molecule has 1 aliphatic rings. The van der Waals surface area contributed by atoms with Crippen molar-refractivity contribution in [1.82, 2.24) is 25.4 Å². The lowest BCUT2D eigenvalue weighted by atomic mass is 9.87. The number of hydrogen-bond acceptors (Lipinski definition) is 5. The van der Waals surface area contributed by atoms with Gasteiger partial charge >= 0.3 is 0 Å². The van der Waals surface area contributed by atoms with Crippen molar-refractivity contribution in [2.45, 2.75) is 58.7 Å². The van der Waals surface area contributed by atoms with Crippen molar-refractivity contribution in [3.05, 3.63) is 41.3 Å². The van der Waals surface area contributed by atoms with Gasteiger partial charge in [0.25, 0.3) is 0 Å². The number of aromatic amines is 1. The molecule has 3 heterocycles. The summed E-state index contributed by atoms with van der Waals surface area (Å²) in [5.41, 5.74) is 3.52. The van der Waals surface area contributed by atoms with Crippen LogP contribution in [0.2, 0.25) is 0 Å². The first kappa shape index (κ1) is 20.8. The summed E-state index contributed by atoms with van der Waals surface area (Å²) in [7, 11) is 0. The lowest BCUT2D eigenvalue weighted by Crippen LogP contribution is -2.66. The van der Waals surface area contributed by atoms with Crippen LogP contribution in [0.4, 0.5) is 4.39 Å². The van der Waals surface area contributed by atoms with Crippen LogP contribution in [0.3, 0.4) is 0 Å². The van der Waals surface area contributed by atoms with Crippen LogP contribution < -0.4 is 5.32 Å². The van der Waals surface area contributed by atoms with Gasteiger partial charge in [0, 0.05) is 53.4 Å². The second-order valence-electron chi connectivity index (χ2n) is 9.31. The Hall–Kier alpha value is -2.51. The highest BCUT2D eigenvalue weighted by Gasteiger charge is 2.39. The lowest BCUT2D eigenvalue weighted by molar-refractivity contribution is 0.0249. The molecule has 160 valence electrons. The summed E-state index contributed by atoms with van der Waals surface area (Å²) in [6.07, 6.45) is 1.04. The molecule has 3 aromatic rings. The maximum Gasteiger partial charge on any atom is 0.182 e. The van der Waals surface area contributed by atoms with Crippen LogP contribution in [0.5, 0.6) is 5.75 Å². The van der Waals surface area contributed by atoms with Crippen LogP contribution in [0.1, 0.15) is 45.4 Å². The Kier molecular flexibility index (Phi) is 5.06. The zero-order chi connectivity index (χ0) is 21.7. The monoisotopic (exact) mass is 411 g/mol. The average Bonchev–Trinajstić information content (AvgIpc) is 3.06. The molecule has 4 rings (SSSR count). The Labute approximate surface area is 176 Å². The number of benzene rings is 1. The molecular formula is C23H30FN5O. The fourth-order valence-electron chi connectivity index (χ4n) is 4.18. The van der Waals surface area contributed by atoms with Crippen LogP contribution in [0, 0.1) is 12.7 Å². The van der Waals surface area contributed by atoms with Crippen molar-refractivity contribution in [2.75, 3.05) is 13.1 Å². The third-order valence-electron chi connectivity index (χ3n) is 6.50. The molecule has 1 saturated heterocycles. The van der Waals surface area contributed by atoms with Gasteiger partial charge in [-0.05, 0) is 57.9 Å². The molecule has 0 radical (unpaired) electrons. The van der Waals surface area contributed by atoms with E-state index in [0.717, 1.165) is 48.8 Å². The molecule has 1 fully saturated rings. The molecule has 6 nitrogen and oxygen atoms in total. The minimum absolute atomic E-state index is 0.0220. The third-order valence-corrected chi connectivity index (χ3v) is 6.50. The van der Waals surface area contributed by atoms with Crippen molar-refractivity contribution < 1.29 is 9.50 Å². The quantitative estimate of drug-likeness (QED) is 0.602. The lowest BCUT2D eigenvalue weighted by Gasteiger charge is -2.51. The van der Waals surface area contributed by atoms with E-state index in [2.05, 4.69) is 53.1 Å². The summed E-state index contributed by atoms with van der Waals surface area (Å²) in [6.45, 7) is 13.5. The van der Waals surface area contributed by atoms with E-state index in [1.165, 1.54) is 6.07 Å². The Morgan fingerprint density at radius 1 is 1.23 bits per heavy atom. The van der Waals surface area contributed by atoms with Gasteiger partial charge in [-0.3, -0.25) is 10.00 Å². The maximum absolute atomic E-state index is 14.6. The van der Waals surface area contributed by atoms with E-state index in [-0.39, 0.29) is 16.8 Å². The van der Waals surface area contributed by atoms with E-state index in [0.29, 0.717) is 16.9 Å². The third kappa shape index (κ3) is 3.68. The first-order valence-corrected chi connectivity index (χ1v) is 10.5. The molecule has 3 N–H and O–H groups in total. The molecule has 0 aliphatic carbocycles. The fraction of sp³-hybridized carbons (Fsp3) is 0.478. The fourth-order valence-corrected chi connectivity index (χ4v) is 4.18. The van der Waals surface area contributed by atoms with Crippen LogP contribution in [-0.2, 0) is 6.54 Å². The Balaban J connectivity index is 1.80. The Bertz CT molecular complexity index is 1090. The van der Waals surface area contributed by atoms with E-state index < -0.39 is 5.82 Å². The average molecular weight is 412 g/mol. The number of rotatable bonds is 4. The molecule has 30 heavy (non-hydrogen) atoms. The highest BCUT2D eigenvalue weighted by molar-refractivity contribution is 5.84. The van der Waals surface area contributed by atoms with Gasteiger partial charge in [-0.15, -0.1) is 0 Å². The predicted octanol–water partition coefficient (Wildman–Crippen LogP) is 4.13. The van der Waals surface area contributed by atoms with Crippen LogP contribution >= 0.6 is 0 Å². The summed E-state index contributed by atoms with van der Waals surface area (Å²) < 4.78 is 14.6. The molecule has 0 saturated carbocycles. The molecule has 0 spiro atoms. The molecule has 1 atom stereocenters. The molecule has 7 heteroatoms. The maximum atomic E-state index is 14.6. The number of fused-ring (bicyclic) bond motifs is 1. The molecular weight excluding hydrogens is 381 g/mol. The van der Waals surface area contributed by atoms with Crippen molar-refractivity contribution in [1.29, 1.82) is 0 Å². The van der Waals surface area contributed by atoms with Gasteiger partial charge in [-0.1, -0.05) is 6.92 Å². The number of phenols is 1. The van der Waals surface area contributed by atoms with Crippen LogP contribution in [0.25, 0.3) is 22.3 Å². The number of nitrogens with one attached hydrogen (secondary N) is 2. The highest BCUT2D eigenvalue weighted by Crippen LogP contribution is 2.33. The van der Waals surface area contributed by atoms with E-state index in [1.54, 1.807) is 6.07 Å². The second kappa shape index (κ2) is 7.32. The summed E-state index contributed by atoms with van der Waals surface area (Å²) in [4.78, 5) is 7.09. The van der Waals surface area contributed by atoms with Crippen molar-refractivity contribution in [2.24, 2.45) is 0 Å². The van der Waals surface area contributed by atoms with Crippen molar-refractivity contribution >= 4 is 11.0 Å². The highest BCUT2D eigenvalue weighted by atomic mass is 19.1. The van der Waals surface area contributed by atoms with Gasteiger partial charge in [-0.25, -0.2) is 9.37 Å². The minimum atomic E-state index is -0.499. The normalized spacial score (nSPS) is 21.9. The first-order chi connectivity index (χ1) is 14.1. The van der Waals surface area contributed by atoms with Gasteiger partial charge in [0.2, 0.25) is 0 Å². The zero-order valence-corrected chi connectivity index (χ0v) is 18.3. The molecule has 0 bridgehead atoms. The number of aromatic nitrogens is 3. The Morgan fingerprint density at radius 3 is 2.70 bits per heavy atom. The Morgan fingerprint density at radius 2 is 2.00 bits per heavy atom. The van der Waals surface area contributed by atoms with E-state index in [9.17, 15) is 9.50 Å². The largest absolute Gasteiger partial charge is 0.508 e. The summed E-state index contributed by atoms with van der Waals surface area (Å²) >= 11 is 0. The molecule has 2 aromatic heterocycles. The summed E-state index contributed by atoms with van der Waals surface area (Å²) in [6, 6.07) is 6.11. The standard InChI is InChI=1S/C23H30FN5O/c1-6-23(5)13-29(22(3,4)12-25-23)11-15-9-19(17-8-7-16(30)10-18(17)24)26-21-20(15)14(2)27-28-21/h7-10,25,30H,6,11-13H2,1-5H3,(H,26,27,28)/t23-/m0/s1.